The second-order valence-corrected chi connectivity index (χ2v) is 13.2. The molecule has 0 unspecified atom stereocenters. The summed E-state index contributed by atoms with van der Waals surface area (Å²) in [6.45, 7) is -0.673. The van der Waals surface area contributed by atoms with Crippen LogP contribution in [0, 0.1) is 5.82 Å². The first kappa shape index (κ1) is 30.8. The largest absolute Gasteiger partial charge is 0.493 e. The zero-order chi connectivity index (χ0) is 30.5. The minimum Gasteiger partial charge on any atom is -0.493 e. The molecule has 220 valence electrons. The first-order valence-corrected chi connectivity index (χ1v) is 15.8. The highest BCUT2D eigenvalue weighted by molar-refractivity contribution is 9.10. The van der Waals surface area contributed by atoms with Crippen LogP contribution in [0.25, 0.3) is 0 Å². The van der Waals surface area contributed by atoms with Crippen LogP contribution in [0.4, 0.5) is 21.5 Å². The number of benzene rings is 4. The van der Waals surface area contributed by atoms with E-state index in [0.29, 0.717) is 11.4 Å². The van der Waals surface area contributed by atoms with E-state index < -0.39 is 38.3 Å². The van der Waals surface area contributed by atoms with Crippen molar-refractivity contribution < 1.29 is 35.5 Å². The average molecular weight is 679 g/mol. The summed E-state index contributed by atoms with van der Waals surface area (Å²) < 4.78 is 81.0. The molecule has 1 amide bonds. The molecule has 10 nitrogen and oxygen atoms in total. The molecule has 4 rings (SSSR count). The zero-order valence-electron chi connectivity index (χ0n) is 22.2. The summed E-state index contributed by atoms with van der Waals surface area (Å²) in [5.74, 6) is -0.852. The van der Waals surface area contributed by atoms with Gasteiger partial charge in [-0.25, -0.2) is 21.2 Å². The third kappa shape index (κ3) is 7.19. The van der Waals surface area contributed by atoms with E-state index in [0.717, 1.165) is 20.9 Å². The SMILES string of the molecule is COc1ccc(S(=O)(=O)N(CC(=O)Nc2ccc(S(=O)(=O)Nc3ccc(Br)cc3)cc2)c2ccc(F)cc2)cc1OC. The molecular formula is C28H25BrFN3O7S2. The molecule has 0 aliphatic carbocycles. The fourth-order valence-corrected chi connectivity index (χ4v) is 6.57. The predicted octanol–water partition coefficient (Wildman–Crippen LogP) is 5.24. The van der Waals surface area contributed by atoms with Gasteiger partial charge >= 0.3 is 0 Å². The van der Waals surface area contributed by atoms with Gasteiger partial charge in [0.2, 0.25) is 5.91 Å². The van der Waals surface area contributed by atoms with Crippen LogP contribution in [0.5, 0.6) is 11.5 Å². The third-order valence-electron chi connectivity index (χ3n) is 5.89. The molecule has 0 saturated heterocycles. The van der Waals surface area contributed by atoms with Gasteiger partial charge in [0.25, 0.3) is 20.0 Å². The molecule has 0 spiro atoms. The second-order valence-electron chi connectivity index (χ2n) is 8.69. The molecule has 0 heterocycles. The number of carbonyl (C=O) groups is 1. The Morgan fingerprint density at radius 2 is 1.36 bits per heavy atom. The smallest absolute Gasteiger partial charge is 0.264 e. The number of nitrogens with zero attached hydrogens (tertiary/aromatic N) is 1. The van der Waals surface area contributed by atoms with Gasteiger partial charge < -0.3 is 14.8 Å². The van der Waals surface area contributed by atoms with Gasteiger partial charge in [-0.05, 0) is 84.9 Å². The van der Waals surface area contributed by atoms with Gasteiger partial charge in [0.1, 0.15) is 12.4 Å². The molecule has 0 aromatic heterocycles. The molecule has 0 aliphatic heterocycles. The summed E-state index contributed by atoms with van der Waals surface area (Å²) in [6, 6.07) is 20.5. The molecule has 42 heavy (non-hydrogen) atoms. The first-order chi connectivity index (χ1) is 19.9. The van der Waals surface area contributed by atoms with Gasteiger partial charge in [-0.1, -0.05) is 15.9 Å². The number of anilines is 3. The maximum absolute atomic E-state index is 13.7. The maximum Gasteiger partial charge on any atom is 0.264 e. The number of ether oxygens (including phenoxy) is 2. The van der Waals surface area contributed by atoms with Crippen molar-refractivity contribution in [2.45, 2.75) is 9.79 Å². The molecule has 14 heteroatoms. The fraction of sp³-hybridized carbons (Fsp3) is 0.107. The summed E-state index contributed by atoms with van der Waals surface area (Å²) in [5.41, 5.74) is 0.638. The van der Waals surface area contributed by atoms with Gasteiger partial charge in [0.15, 0.2) is 11.5 Å². The number of carbonyl (C=O) groups excluding carboxylic acids is 1. The number of methoxy groups -OCH3 is 2. The van der Waals surface area contributed by atoms with Crippen molar-refractivity contribution in [2.75, 3.05) is 35.1 Å². The number of sulfonamides is 2. The van der Waals surface area contributed by atoms with Crippen molar-refractivity contribution in [1.82, 2.24) is 0 Å². The van der Waals surface area contributed by atoms with Gasteiger partial charge in [-0.2, -0.15) is 0 Å². The third-order valence-corrected chi connectivity index (χ3v) is 9.59. The molecule has 0 bridgehead atoms. The van der Waals surface area contributed by atoms with E-state index in [1.807, 2.05) is 0 Å². The second kappa shape index (κ2) is 12.8. The Kier molecular flexibility index (Phi) is 9.39. The van der Waals surface area contributed by atoms with Crippen LogP contribution in [0.1, 0.15) is 0 Å². The van der Waals surface area contributed by atoms with Crippen LogP contribution in [0.15, 0.2) is 105 Å². The van der Waals surface area contributed by atoms with Gasteiger partial charge in [0, 0.05) is 21.9 Å². The van der Waals surface area contributed by atoms with Gasteiger partial charge in [-0.3, -0.25) is 13.8 Å². The lowest BCUT2D eigenvalue weighted by atomic mass is 10.3. The van der Waals surface area contributed by atoms with E-state index in [-0.39, 0.29) is 26.9 Å². The van der Waals surface area contributed by atoms with Crippen LogP contribution in [0.3, 0.4) is 0 Å². The lowest BCUT2D eigenvalue weighted by Gasteiger charge is -2.24. The lowest BCUT2D eigenvalue weighted by molar-refractivity contribution is -0.114. The Balaban J connectivity index is 1.55. The molecular weight excluding hydrogens is 653 g/mol. The first-order valence-electron chi connectivity index (χ1n) is 12.1. The topological polar surface area (TPSA) is 131 Å². The predicted molar refractivity (Wildman–Crippen MR) is 160 cm³/mol. The average Bonchev–Trinajstić information content (AvgIpc) is 2.97. The van der Waals surface area contributed by atoms with Gasteiger partial charge in [-0.15, -0.1) is 0 Å². The molecule has 0 aliphatic rings. The summed E-state index contributed by atoms with van der Waals surface area (Å²) in [4.78, 5) is 12.8. The van der Waals surface area contributed by atoms with E-state index >= 15 is 0 Å². The number of rotatable bonds is 11. The summed E-state index contributed by atoms with van der Waals surface area (Å²) >= 11 is 3.29. The fourth-order valence-electron chi connectivity index (χ4n) is 3.81. The van der Waals surface area contributed by atoms with Crippen LogP contribution >= 0.6 is 15.9 Å². The highest BCUT2D eigenvalue weighted by atomic mass is 79.9. The van der Waals surface area contributed by atoms with Crippen LogP contribution in [0.2, 0.25) is 0 Å². The summed E-state index contributed by atoms with van der Waals surface area (Å²) in [5, 5.41) is 2.57. The highest BCUT2D eigenvalue weighted by Crippen LogP contribution is 2.32. The Morgan fingerprint density at radius 3 is 1.95 bits per heavy atom. The monoisotopic (exact) mass is 677 g/mol. The number of nitrogens with one attached hydrogen (secondary N) is 2. The number of halogens is 2. The van der Waals surface area contributed by atoms with Crippen molar-refractivity contribution in [2.24, 2.45) is 0 Å². The van der Waals surface area contributed by atoms with E-state index in [1.54, 1.807) is 24.3 Å². The molecule has 0 saturated carbocycles. The van der Waals surface area contributed by atoms with E-state index in [1.165, 1.54) is 68.8 Å². The number of hydrogen-bond acceptors (Lipinski definition) is 7. The van der Waals surface area contributed by atoms with Crippen molar-refractivity contribution in [3.63, 3.8) is 0 Å². The molecule has 2 N–H and O–H groups in total. The number of hydrogen-bond donors (Lipinski definition) is 2. The molecule has 4 aromatic rings. The molecule has 4 aromatic carbocycles. The Morgan fingerprint density at radius 1 is 0.786 bits per heavy atom. The van der Waals surface area contributed by atoms with E-state index in [9.17, 15) is 26.0 Å². The molecule has 0 atom stereocenters. The summed E-state index contributed by atoms with van der Waals surface area (Å²) in [7, 11) is -5.49. The van der Waals surface area contributed by atoms with E-state index in [4.69, 9.17) is 9.47 Å². The quantitative estimate of drug-likeness (QED) is 0.222. The van der Waals surface area contributed by atoms with Crippen molar-refractivity contribution in [3.05, 3.63) is 101 Å². The van der Waals surface area contributed by atoms with Crippen LogP contribution in [-0.2, 0) is 24.8 Å². The molecule has 0 fully saturated rings. The Labute approximate surface area is 251 Å². The van der Waals surface area contributed by atoms with E-state index in [2.05, 4.69) is 26.0 Å². The minimum atomic E-state index is -4.35. The highest BCUT2D eigenvalue weighted by Gasteiger charge is 2.28. The Bertz CT molecular complexity index is 1790. The minimum absolute atomic E-state index is 0.0433. The summed E-state index contributed by atoms with van der Waals surface area (Å²) in [6.07, 6.45) is 0. The van der Waals surface area contributed by atoms with Crippen molar-refractivity contribution >= 4 is 58.9 Å². The zero-order valence-corrected chi connectivity index (χ0v) is 25.5. The molecule has 0 radical (unpaired) electrons. The van der Waals surface area contributed by atoms with Crippen LogP contribution in [-0.4, -0.2) is 43.5 Å². The van der Waals surface area contributed by atoms with Crippen LogP contribution < -0.4 is 23.8 Å². The number of amides is 1. The standard InChI is InChI=1S/C28H25BrFN3O7S2/c1-39-26-16-15-25(17-27(26)40-2)42(37,38)33(23-11-5-20(30)6-12-23)18-28(34)31-21-9-13-24(14-10-21)41(35,36)32-22-7-3-19(29)4-8-22/h3-17,32H,18H2,1-2H3,(H,31,34). The lowest BCUT2D eigenvalue weighted by Crippen LogP contribution is -2.38. The maximum atomic E-state index is 13.7. The normalized spacial score (nSPS) is 11.4. The van der Waals surface area contributed by atoms with Crippen molar-refractivity contribution in [3.8, 4) is 11.5 Å². The Hall–Kier alpha value is -4.14. The van der Waals surface area contributed by atoms with Gasteiger partial charge in [0.05, 0.1) is 29.7 Å². The van der Waals surface area contributed by atoms with Crippen molar-refractivity contribution in [1.29, 1.82) is 0 Å².